The minimum absolute atomic E-state index is 0.151. The number of anilines is 1. The highest BCUT2D eigenvalue weighted by Gasteiger charge is 2.27. The Bertz CT molecular complexity index is 1210. The Hall–Kier alpha value is -3.14. The van der Waals surface area contributed by atoms with Gasteiger partial charge in [-0.15, -0.1) is 0 Å². The van der Waals surface area contributed by atoms with E-state index in [0.29, 0.717) is 11.7 Å². The van der Waals surface area contributed by atoms with Crippen LogP contribution in [0, 0.1) is 0 Å². The van der Waals surface area contributed by atoms with E-state index < -0.39 is 0 Å². The third kappa shape index (κ3) is 3.17. The average molecular weight is 397 g/mol. The molecule has 1 fully saturated rings. The highest BCUT2D eigenvalue weighted by atomic mass is 15.1. The van der Waals surface area contributed by atoms with E-state index in [1.807, 2.05) is 6.20 Å². The molecule has 4 aromatic rings. The lowest BCUT2D eigenvalue weighted by atomic mass is 9.85. The lowest BCUT2D eigenvalue weighted by molar-refractivity contribution is 0.400. The minimum atomic E-state index is 0.151. The molecule has 5 rings (SSSR count). The Morgan fingerprint density at radius 2 is 1.70 bits per heavy atom. The zero-order valence-corrected chi connectivity index (χ0v) is 17.9. The van der Waals surface area contributed by atoms with Gasteiger partial charge in [0.15, 0.2) is 0 Å². The van der Waals surface area contributed by atoms with Crippen LogP contribution in [0.5, 0.6) is 0 Å². The summed E-state index contributed by atoms with van der Waals surface area (Å²) in [6.45, 7) is 6.72. The Kier molecular flexibility index (Phi) is 4.39. The summed E-state index contributed by atoms with van der Waals surface area (Å²) in [6.07, 6.45) is 7.42. The van der Waals surface area contributed by atoms with Gasteiger partial charge in [-0.25, -0.2) is 9.97 Å². The summed E-state index contributed by atoms with van der Waals surface area (Å²) >= 11 is 0. The maximum Gasteiger partial charge on any atom is 0.150 e. The molecule has 0 unspecified atom stereocenters. The van der Waals surface area contributed by atoms with E-state index in [1.165, 1.54) is 36.0 Å². The van der Waals surface area contributed by atoms with Crippen LogP contribution in [0.1, 0.15) is 57.3 Å². The third-order valence-corrected chi connectivity index (χ3v) is 6.30. The Morgan fingerprint density at radius 3 is 2.37 bits per heavy atom. The Labute approximate surface area is 177 Å². The predicted molar refractivity (Wildman–Crippen MR) is 124 cm³/mol. The van der Waals surface area contributed by atoms with E-state index in [2.05, 4.69) is 78.7 Å². The number of hydrogen-bond donors (Lipinski definition) is 1. The number of aromatic nitrogens is 3. The van der Waals surface area contributed by atoms with Crippen LogP contribution < -0.4 is 5.73 Å². The molecule has 30 heavy (non-hydrogen) atoms. The molecule has 0 atom stereocenters. The Morgan fingerprint density at radius 1 is 0.967 bits per heavy atom. The van der Waals surface area contributed by atoms with Crippen LogP contribution >= 0.6 is 0 Å². The molecule has 1 aliphatic carbocycles. The first-order valence-electron chi connectivity index (χ1n) is 10.8. The number of benzene rings is 2. The van der Waals surface area contributed by atoms with E-state index in [9.17, 15) is 0 Å². The van der Waals surface area contributed by atoms with Crippen LogP contribution in [0.4, 0.5) is 5.82 Å². The van der Waals surface area contributed by atoms with Crippen molar-refractivity contribution in [2.24, 2.45) is 0 Å². The van der Waals surface area contributed by atoms with Crippen molar-refractivity contribution in [1.82, 2.24) is 14.4 Å². The Balaban J connectivity index is 1.60. The maximum absolute atomic E-state index is 6.30. The van der Waals surface area contributed by atoms with Crippen LogP contribution in [-0.4, -0.2) is 14.4 Å². The molecule has 0 amide bonds. The summed E-state index contributed by atoms with van der Waals surface area (Å²) in [5.41, 5.74) is 13.1. The lowest BCUT2D eigenvalue weighted by Crippen LogP contribution is -2.12. The summed E-state index contributed by atoms with van der Waals surface area (Å²) < 4.78 is 2.15. The molecule has 1 aliphatic rings. The summed E-state index contributed by atoms with van der Waals surface area (Å²) in [5, 5.41) is 0. The van der Waals surface area contributed by atoms with Crippen LogP contribution in [0.2, 0.25) is 0 Å². The fourth-order valence-corrected chi connectivity index (χ4v) is 4.25. The van der Waals surface area contributed by atoms with Crippen molar-refractivity contribution in [3.05, 3.63) is 72.3 Å². The van der Waals surface area contributed by atoms with Crippen LogP contribution in [0.3, 0.4) is 0 Å². The van der Waals surface area contributed by atoms with Crippen LogP contribution in [-0.2, 0) is 5.41 Å². The second kappa shape index (κ2) is 6.98. The molecule has 0 bridgehead atoms. The van der Waals surface area contributed by atoms with Crippen molar-refractivity contribution < 1.29 is 0 Å². The molecule has 4 nitrogen and oxygen atoms in total. The number of fused-ring (bicyclic) bond motifs is 1. The minimum Gasteiger partial charge on any atom is -0.382 e. The van der Waals surface area contributed by atoms with Gasteiger partial charge in [-0.1, -0.05) is 69.7 Å². The summed E-state index contributed by atoms with van der Waals surface area (Å²) in [7, 11) is 0. The second-order valence-corrected chi connectivity index (χ2v) is 9.39. The van der Waals surface area contributed by atoms with E-state index in [-0.39, 0.29) is 5.41 Å². The largest absolute Gasteiger partial charge is 0.382 e. The average Bonchev–Trinajstić information content (AvgIpc) is 3.07. The fourth-order valence-electron chi connectivity index (χ4n) is 4.25. The topological polar surface area (TPSA) is 56.2 Å². The molecule has 2 aromatic heterocycles. The standard InChI is InChI=1S/C26H28N4/c1-26(2,3)21-12-10-17(11-13-21)19-8-5-9-20(16-19)22-23-24(27)28-14-15-30(23)25(29-22)18-6-4-7-18/h5,8-16,18H,4,6-7H2,1-3H3,(H2,27,28). The maximum atomic E-state index is 6.30. The number of nitrogens with two attached hydrogens (primary N) is 1. The molecule has 152 valence electrons. The molecule has 0 radical (unpaired) electrons. The van der Waals surface area contributed by atoms with Crippen molar-refractivity contribution in [1.29, 1.82) is 0 Å². The van der Waals surface area contributed by atoms with Crippen molar-refractivity contribution in [3.8, 4) is 22.4 Å². The van der Waals surface area contributed by atoms with Crippen LogP contribution in [0.25, 0.3) is 27.9 Å². The van der Waals surface area contributed by atoms with E-state index in [1.54, 1.807) is 6.20 Å². The van der Waals surface area contributed by atoms with E-state index in [4.69, 9.17) is 10.7 Å². The normalized spacial score (nSPS) is 14.8. The van der Waals surface area contributed by atoms with Gasteiger partial charge in [0, 0.05) is 23.9 Å². The highest BCUT2D eigenvalue weighted by molar-refractivity contribution is 5.87. The molecule has 0 saturated heterocycles. The molecule has 0 aliphatic heterocycles. The summed E-state index contributed by atoms with van der Waals surface area (Å²) in [5.74, 6) is 2.16. The van der Waals surface area contributed by atoms with Gasteiger partial charge in [0.1, 0.15) is 22.9 Å². The summed E-state index contributed by atoms with van der Waals surface area (Å²) in [6, 6.07) is 17.5. The highest BCUT2D eigenvalue weighted by Crippen LogP contribution is 2.39. The van der Waals surface area contributed by atoms with Crippen LogP contribution in [0.15, 0.2) is 60.9 Å². The lowest BCUT2D eigenvalue weighted by Gasteiger charge is -2.23. The number of nitrogens with zero attached hydrogens (tertiary/aromatic N) is 3. The molecule has 2 aromatic carbocycles. The van der Waals surface area contributed by atoms with Crippen molar-refractivity contribution >= 4 is 11.3 Å². The quantitative estimate of drug-likeness (QED) is 0.448. The molecule has 2 heterocycles. The molecular weight excluding hydrogens is 368 g/mol. The molecular formula is C26H28N4. The van der Waals surface area contributed by atoms with Gasteiger partial charge >= 0.3 is 0 Å². The van der Waals surface area contributed by atoms with Gasteiger partial charge in [-0.05, 0) is 41.0 Å². The van der Waals surface area contributed by atoms with Crippen molar-refractivity contribution in [3.63, 3.8) is 0 Å². The van der Waals surface area contributed by atoms with Gasteiger partial charge < -0.3 is 5.73 Å². The zero-order valence-electron chi connectivity index (χ0n) is 17.9. The van der Waals surface area contributed by atoms with Gasteiger partial charge in [-0.2, -0.15) is 0 Å². The molecule has 4 heteroatoms. The summed E-state index contributed by atoms with van der Waals surface area (Å²) in [4.78, 5) is 9.41. The number of nitrogen functional groups attached to an aromatic ring is 1. The first kappa shape index (κ1) is 18.9. The zero-order chi connectivity index (χ0) is 20.9. The SMILES string of the molecule is CC(C)(C)c1ccc(-c2cccc(-c3nc(C4CCC4)n4ccnc(N)c34)c2)cc1. The molecule has 1 saturated carbocycles. The van der Waals surface area contributed by atoms with Crippen molar-refractivity contribution in [2.75, 3.05) is 5.73 Å². The van der Waals surface area contributed by atoms with Gasteiger partial charge in [0.05, 0.1) is 0 Å². The van der Waals surface area contributed by atoms with Gasteiger partial charge in [0.2, 0.25) is 0 Å². The number of imidazole rings is 1. The van der Waals surface area contributed by atoms with E-state index in [0.717, 1.165) is 22.6 Å². The fraction of sp³-hybridized carbons (Fsp3) is 0.308. The number of hydrogen-bond acceptors (Lipinski definition) is 3. The number of rotatable bonds is 3. The second-order valence-electron chi connectivity index (χ2n) is 9.39. The van der Waals surface area contributed by atoms with Gasteiger partial charge in [-0.3, -0.25) is 4.40 Å². The third-order valence-electron chi connectivity index (χ3n) is 6.30. The predicted octanol–water partition coefficient (Wildman–Crippen LogP) is 6.21. The smallest absolute Gasteiger partial charge is 0.150 e. The molecule has 2 N–H and O–H groups in total. The van der Waals surface area contributed by atoms with Gasteiger partial charge in [0.25, 0.3) is 0 Å². The van der Waals surface area contributed by atoms with Crippen molar-refractivity contribution in [2.45, 2.75) is 51.4 Å². The first-order valence-corrected chi connectivity index (χ1v) is 10.8. The monoisotopic (exact) mass is 396 g/mol. The first-order chi connectivity index (χ1) is 14.4. The molecule has 0 spiro atoms. The van der Waals surface area contributed by atoms with E-state index >= 15 is 0 Å².